The molecule has 1 aromatic rings. The van der Waals surface area contributed by atoms with Crippen LogP contribution in [0.2, 0.25) is 10.6 Å². The van der Waals surface area contributed by atoms with E-state index in [0.29, 0.717) is 0 Å². The predicted octanol–water partition coefficient (Wildman–Crippen LogP) is 6.00. The van der Waals surface area contributed by atoms with Crippen molar-refractivity contribution in [1.29, 1.82) is 0 Å². The van der Waals surface area contributed by atoms with Crippen LogP contribution in [0.5, 0.6) is 5.75 Å². The van der Waals surface area contributed by atoms with Crippen LogP contribution in [-0.4, -0.2) is 14.5 Å². The van der Waals surface area contributed by atoms with Gasteiger partial charge in [-0.2, -0.15) is 0 Å². The van der Waals surface area contributed by atoms with Crippen molar-refractivity contribution in [3.05, 3.63) is 29.8 Å². The summed E-state index contributed by atoms with van der Waals surface area (Å²) in [4.78, 5) is 0. The third-order valence-corrected chi connectivity index (χ3v) is 6.39. The zero-order valence-corrected chi connectivity index (χ0v) is 14.8. The predicted molar refractivity (Wildman–Crippen MR) is 90.9 cm³/mol. The molecule has 2 heteroatoms. The number of rotatable bonds is 11. The Balaban J connectivity index is 2.40. The van der Waals surface area contributed by atoms with Crippen LogP contribution < -0.4 is 3.79 Å². The van der Waals surface area contributed by atoms with E-state index in [9.17, 15) is 0 Å². The number of hydrogen-bond donors (Lipinski definition) is 0. The van der Waals surface area contributed by atoms with Crippen molar-refractivity contribution in [2.45, 2.75) is 76.3 Å². The minimum atomic E-state index is -1.00. The van der Waals surface area contributed by atoms with Gasteiger partial charge in [-0.05, 0) is 24.5 Å². The molecule has 1 rings (SSSR count). The van der Waals surface area contributed by atoms with E-state index in [1.165, 1.54) is 66.8 Å². The summed E-state index contributed by atoms with van der Waals surface area (Å²) in [6, 6.07) is 8.67. The summed E-state index contributed by atoms with van der Waals surface area (Å²) in [6.07, 6.45) is 9.34. The van der Waals surface area contributed by atoms with E-state index >= 15 is 0 Å². The van der Waals surface area contributed by atoms with Gasteiger partial charge in [-0.25, -0.2) is 0 Å². The molecule has 1 nitrogen and oxygen atoms in total. The molecule has 0 aromatic heterocycles. The lowest BCUT2D eigenvalue weighted by atomic mass is 10.0. The van der Waals surface area contributed by atoms with Gasteiger partial charge >= 0.3 is 14.5 Å². The zero-order valence-electron chi connectivity index (χ0n) is 13.7. The highest BCUT2D eigenvalue weighted by atomic mass is 27.2. The quantitative estimate of drug-likeness (QED) is 0.359. The van der Waals surface area contributed by atoms with E-state index in [-0.39, 0.29) is 0 Å². The van der Waals surface area contributed by atoms with Gasteiger partial charge in [0.25, 0.3) is 0 Å². The Morgan fingerprint density at radius 1 is 0.850 bits per heavy atom. The lowest BCUT2D eigenvalue weighted by Gasteiger charge is -2.16. The van der Waals surface area contributed by atoms with E-state index in [4.69, 9.17) is 3.79 Å². The molecule has 0 N–H and O–H groups in total. The number of hydrogen-bond acceptors (Lipinski definition) is 1. The van der Waals surface area contributed by atoms with Crippen molar-refractivity contribution in [3.8, 4) is 5.75 Å². The van der Waals surface area contributed by atoms with Crippen molar-refractivity contribution >= 4 is 14.5 Å². The van der Waals surface area contributed by atoms with E-state index in [0.717, 1.165) is 0 Å². The van der Waals surface area contributed by atoms with Crippen LogP contribution in [0.1, 0.15) is 64.9 Å². The maximum absolute atomic E-state index is 6.28. The molecule has 0 unspecified atom stereocenters. The van der Waals surface area contributed by atoms with Crippen molar-refractivity contribution in [1.82, 2.24) is 0 Å². The molecule has 20 heavy (non-hydrogen) atoms. The molecular weight excluding hydrogens is 259 g/mol. The van der Waals surface area contributed by atoms with Gasteiger partial charge < -0.3 is 3.79 Å². The number of aryl methyl sites for hydroxylation is 1. The molecule has 1 aromatic carbocycles. The number of benzene rings is 1. The zero-order chi connectivity index (χ0) is 14.6. The minimum absolute atomic E-state index is 1.00. The van der Waals surface area contributed by atoms with E-state index in [1.807, 2.05) is 0 Å². The molecule has 0 bridgehead atoms. The van der Waals surface area contributed by atoms with Crippen LogP contribution in [-0.2, 0) is 6.42 Å². The molecule has 0 heterocycles. The molecule has 112 valence electrons. The highest BCUT2D eigenvalue weighted by molar-refractivity contribution is 6.52. The van der Waals surface area contributed by atoms with E-state index in [1.54, 1.807) is 0 Å². The molecule has 0 radical (unpaired) electrons. The maximum atomic E-state index is 6.28. The first-order chi connectivity index (χ1) is 9.81. The smallest absolute Gasteiger partial charge is 0.546 e. The summed E-state index contributed by atoms with van der Waals surface area (Å²) >= 11 is -1.00. The molecule has 0 amide bonds. The normalized spacial score (nSPS) is 10.6. The molecule has 0 aliphatic rings. The van der Waals surface area contributed by atoms with Crippen molar-refractivity contribution in [2.24, 2.45) is 0 Å². The van der Waals surface area contributed by atoms with Crippen LogP contribution in [0.25, 0.3) is 0 Å². The van der Waals surface area contributed by atoms with E-state index in [2.05, 4.69) is 45.0 Å². The lowest BCUT2D eigenvalue weighted by molar-refractivity contribution is 0.550. The summed E-state index contributed by atoms with van der Waals surface area (Å²) in [7, 11) is 0. The van der Waals surface area contributed by atoms with Gasteiger partial charge in [0, 0.05) is 0 Å². The Morgan fingerprint density at radius 3 is 2.20 bits per heavy atom. The second-order valence-electron chi connectivity index (χ2n) is 5.68. The van der Waals surface area contributed by atoms with Crippen LogP contribution in [0, 0.1) is 0 Å². The van der Waals surface area contributed by atoms with Crippen molar-refractivity contribution in [3.63, 3.8) is 0 Å². The molecule has 0 aliphatic carbocycles. The summed E-state index contributed by atoms with van der Waals surface area (Å²) in [5.41, 5.74) is 1.42. The topological polar surface area (TPSA) is 9.23 Å². The Morgan fingerprint density at radius 2 is 1.50 bits per heavy atom. The highest BCUT2D eigenvalue weighted by Crippen LogP contribution is 2.22. The number of unbranched alkanes of at least 4 members (excludes halogenated alkanes) is 5. The third-order valence-electron chi connectivity index (χ3n) is 3.98. The molecule has 0 aliphatic heterocycles. The Hall–Kier alpha value is -0.448. The van der Waals surface area contributed by atoms with Gasteiger partial charge in [0.2, 0.25) is 0 Å². The second-order valence-corrected chi connectivity index (χ2v) is 8.79. The minimum Gasteiger partial charge on any atom is -0.642 e. The molecule has 0 saturated heterocycles. The first kappa shape index (κ1) is 17.6. The van der Waals surface area contributed by atoms with Gasteiger partial charge in [0.15, 0.2) is 0 Å². The second kappa shape index (κ2) is 11.2. The molecule has 0 spiro atoms. The van der Waals surface area contributed by atoms with Crippen molar-refractivity contribution < 1.29 is 3.79 Å². The average Bonchev–Trinajstić information content (AvgIpc) is 2.49. The Bertz CT molecular complexity index is 347. The fourth-order valence-corrected chi connectivity index (χ4v) is 4.06. The van der Waals surface area contributed by atoms with Crippen LogP contribution in [0.15, 0.2) is 24.3 Å². The largest absolute Gasteiger partial charge is 0.642 e. The summed E-state index contributed by atoms with van der Waals surface area (Å²) in [6.45, 7) is 6.79. The Labute approximate surface area is 130 Å². The summed E-state index contributed by atoms with van der Waals surface area (Å²) < 4.78 is 6.28. The SMILES string of the molecule is CCCCCCCCc1ccccc1[O][Al]([CH2]C)[CH2]C. The first-order valence-corrected chi connectivity index (χ1v) is 10.7. The molecule has 0 atom stereocenters. The fourth-order valence-electron chi connectivity index (χ4n) is 2.56. The highest BCUT2D eigenvalue weighted by Gasteiger charge is 2.18. The molecule has 0 fully saturated rings. The number of para-hydroxylation sites is 1. The molecule has 0 saturated carbocycles. The van der Waals surface area contributed by atoms with Gasteiger partial charge in [-0.1, -0.05) is 81.6 Å². The summed E-state index contributed by atoms with van der Waals surface area (Å²) in [5.74, 6) is 1.17. The standard InChI is InChI=1S/C14H22O.2C2H5.Al/c1-2-3-4-5-6-7-10-13-11-8-9-12-14(13)15;2*1-2;/h8-9,11-12,15H,2-7,10H2,1H3;2*1H2,2H3;/q;;;+1/p-1. The van der Waals surface area contributed by atoms with Gasteiger partial charge in [0.05, 0.1) is 5.75 Å². The van der Waals surface area contributed by atoms with Crippen LogP contribution >= 0.6 is 0 Å². The van der Waals surface area contributed by atoms with Gasteiger partial charge in [-0.3, -0.25) is 0 Å². The lowest BCUT2D eigenvalue weighted by Crippen LogP contribution is -2.19. The van der Waals surface area contributed by atoms with Crippen LogP contribution in [0.3, 0.4) is 0 Å². The molecular formula is C18H31AlO. The van der Waals surface area contributed by atoms with Crippen molar-refractivity contribution in [2.75, 3.05) is 0 Å². The maximum Gasteiger partial charge on any atom is 0.546 e. The third kappa shape index (κ3) is 6.82. The van der Waals surface area contributed by atoms with E-state index < -0.39 is 14.5 Å². The Kier molecular flexibility index (Phi) is 9.89. The van der Waals surface area contributed by atoms with Crippen LogP contribution in [0.4, 0.5) is 0 Å². The van der Waals surface area contributed by atoms with Gasteiger partial charge in [-0.15, -0.1) is 0 Å². The summed E-state index contributed by atoms with van der Waals surface area (Å²) in [5, 5.41) is 2.45. The fraction of sp³-hybridized carbons (Fsp3) is 0.667. The monoisotopic (exact) mass is 290 g/mol. The van der Waals surface area contributed by atoms with Gasteiger partial charge in [0.1, 0.15) is 0 Å². The average molecular weight is 290 g/mol. The first-order valence-electron chi connectivity index (χ1n) is 8.56.